The maximum absolute atomic E-state index is 11.7. The van der Waals surface area contributed by atoms with Crippen molar-refractivity contribution in [1.82, 2.24) is 0 Å². The van der Waals surface area contributed by atoms with Crippen molar-refractivity contribution in [3.05, 3.63) is 28.2 Å². The van der Waals surface area contributed by atoms with Crippen LogP contribution in [-0.2, 0) is 4.79 Å². The lowest BCUT2D eigenvalue weighted by molar-refractivity contribution is -0.116. The van der Waals surface area contributed by atoms with Crippen LogP contribution in [0.1, 0.15) is 26.2 Å². The normalized spacial score (nSPS) is 12.2. The van der Waals surface area contributed by atoms with Gasteiger partial charge in [0.25, 0.3) is 0 Å². The van der Waals surface area contributed by atoms with Crippen molar-refractivity contribution >= 4 is 34.8 Å². The summed E-state index contributed by atoms with van der Waals surface area (Å²) in [5.41, 5.74) is 6.02. The number of nitrogens with one attached hydrogen (secondary N) is 1. The van der Waals surface area contributed by atoms with Gasteiger partial charge in [0.1, 0.15) is 0 Å². The molecular formula is C13H18Cl2N2O. The highest BCUT2D eigenvalue weighted by molar-refractivity contribution is 6.43. The van der Waals surface area contributed by atoms with Crippen LogP contribution in [0.3, 0.4) is 0 Å². The van der Waals surface area contributed by atoms with Crippen LogP contribution in [0, 0.1) is 5.92 Å². The van der Waals surface area contributed by atoms with Crippen molar-refractivity contribution < 1.29 is 4.79 Å². The predicted molar refractivity (Wildman–Crippen MR) is 77.2 cm³/mol. The molecule has 0 radical (unpaired) electrons. The first-order valence-corrected chi connectivity index (χ1v) is 6.74. The standard InChI is InChI=1S/C13H18Cl2N2O/c1-9(7-8-16)5-6-12(18)17-11-4-2-3-10(14)13(11)15/h2-4,9H,5-8,16H2,1H3,(H,17,18). The maximum atomic E-state index is 11.7. The summed E-state index contributed by atoms with van der Waals surface area (Å²) < 4.78 is 0. The van der Waals surface area contributed by atoms with Crippen molar-refractivity contribution in [1.29, 1.82) is 0 Å². The van der Waals surface area contributed by atoms with Gasteiger partial charge in [0.05, 0.1) is 15.7 Å². The van der Waals surface area contributed by atoms with Crippen LogP contribution in [0.15, 0.2) is 18.2 Å². The summed E-state index contributed by atoms with van der Waals surface area (Å²) in [7, 11) is 0. The Hall–Kier alpha value is -0.770. The molecule has 3 N–H and O–H groups in total. The fourth-order valence-electron chi connectivity index (χ4n) is 1.62. The number of rotatable bonds is 6. The summed E-state index contributed by atoms with van der Waals surface area (Å²) in [5.74, 6) is 0.402. The third-order valence-corrected chi connectivity index (χ3v) is 3.57. The third kappa shape index (κ3) is 4.84. The van der Waals surface area contributed by atoms with Gasteiger partial charge in [0, 0.05) is 6.42 Å². The number of carbonyl (C=O) groups is 1. The molecule has 1 aromatic carbocycles. The fraction of sp³-hybridized carbons (Fsp3) is 0.462. The van der Waals surface area contributed by atoms with Crippen LogP contribution in [0.4, 0.5) is 5.69 Å². The Labute approximate surface area is 118 Å². The minimum Gasteiger partial charge on any atom is -0.330 e. The van der Waals surface area contributed by atoms with Gasteiger partial charge < -0.3 is 11.1 Å². The highest BCUT2D eigenvalue weighted by atomic mass is 35.5. The molecule has 1 aromatic rings. The van der Waals surface area contributed by atoms with Crippen molar-refractivity contribution in [2.24, 2.45) is 11.7 Å². The quantitative estimate of drug-likeness (QED) is 0.839. The molecule has 0 aliphatic carbocycles. The maximum Gasteiger partial charge on any atom is 0.224 e. The van der Waals surface area contributed by atoms with Gasteiger partial charge in [0.15, 0.2) is 0 Å². The van der Waals surface area contributed by atoms with E-state index in [1.807, 2.05) is 0 Å². The second kappa shape index (κ2) is 7.62. The van der Waals surface area contributed by atoms with Crippen LogP contribution in [0.2, 0.25) is 10.0 Å². The van der Waals surface area contributed by atoms with E-state index in [-0.39, 0.29) is 5.91 Å². The lowest BCUT2D eigenvalue weighted by Gasteiger charge is -2.11. The van der Waals surface area contributed by atoms with Crippen molar-refractivity contribution in [3.8, 4) is 0 Å². The van der Waals surface area contributed by atoms with E-state index < -0.39 is 0 Å². The number of anilines is 1. The second-order valence-electron chi connectivity index (χ2n) is 4.37. The highest BCUT2D eigenvalue weighted by Gasteiger charge is 2.09. The van der Waals surface area contributed by atoms with Gasteiger partial charge in [-0.2, -0.15) is 0 Å². The second-order valence-corrected chi connectivity index (χ2v) is 5.16. The van der Waals surface area contributed by atoms with Crippen molar-refractivity contribution in [3.63, 3.8) is 0 Å². The largest absolute Gasteiger partial charge is 0.330 e. The van der Waals surface area contributed by atoms with Crippen LogP contribution in [0.25, 0.3) is 0 Å². The smallest absolute Gasteiger partial charge is 0.224 e. The number of hydrogen-bond acceptors (Lipinski definition) is 2. The molecule has 0 saturated carbocycles. The van der Waals surface area contributed by atoms with Gasteiger partial charge in [-0.1, -0.05) is 36.2 Å². The van der Waals surface area contributed by atoms with Crippen molar-refractivity contribution in [2.75, 3.05) is 11.9 Å². The first kappa shape index (κ1) is 15.3. The summed E-state index contributed by atoms with van der Waals surface area (Å²) in [5, 5.41) is 3.58. The van der Waals surface area contributed by atoms with Gasteiger partial charge in [-0.3, -0.25) is 4.79 Å². The lowest BCUT2D eigenvalue weighted by atomic mass is 10.0. The molecule has 18 heavy (non-hydrogen) atoms. The molecule has 0 saturated heterocycles. The highest BCUT2D eigenvalue weighted by Crippen LogP contribution is 2.29. The Kier molecular flexibility index (Phi) is 6.47. The summed E-state index contributed by atoms with van der Waals surface area (Å²) in [4.78, 5) is 11.7. The molecule has 0 aliphatic heterocycles. The zero-order valence-electron chi connectivity index (χ0n) is 10.4. The van der Waals surface area contributed by atoms with E-state index in [0.717, 1.165) is 12.8 Å². The average molecular weight is 289 g/mol. The molecule has 3 nitrogen and oxygen atoms in total. The molecule has 5 heteroatoms. The molecule has 0 spiro atoms. The van der Waals surface area contributed by atoms with Gasteiger partial charge in [-0.25, -0.2) is 0 Å². The van der Waals surface area contributed by atoms with Gasteiger partial charge in [-0.05, 0) is 37.4 Å². The number of halogens is 2. The molecule has 100 valence electrons. The van der Waals surface area contributed by atoms with Crippen LogP contribution in [0.5, 0.6) is 0 Å². The number of amides is 1. The predicted octanol–water partition coefficient (Wildman–Crippen LogP) is 3.70. The van der Waals surface area contributed by atoms with Gasteiger partial charge >= 0.3 is 0 Å². The Morgan fingerprint density at radius 3 is 2.78 bits per heavy atom. The van der Waals surface area contributed by atoms with Crippen LogP contribution >= 0.6 is 23.2 Å². The van der Waals surface area contributed by atoms with Crippen molar-refractivity contribution in [2.45, 2.75) is 26.2 Å². The molecule has 1 unspecified atom stereocenters. The molecular weight excluding hydrogens is 271 g/mol. The number of benzene rings is 1. The van der Waals surface area contributed by atoms with Crippen LogP contribution < -0.4 is 11.1 Å². The Morgan fingerprint density at radius 2 is 2.11 bits per heavy atom. The minimum absolute atomic E-state index is 0.0527. The average Bonchev–Trinajstić information content (AvgIpc) is 2.33. The molecule has 0 aromatic heterocycles. The Morgan fingerprint density at radius 1 is 1.39 bits per heavy atom. The summed E-state index contributed by atoms with van der Waals surface area (Å²) in [6.45, 7) is 2.75. The SMILES string of the molecule is CC(CCN)CCC(=O)Nc1cccc(Cl)c1Cl. The molecule has 0 bridgehead atoms. The lowest BCUT2D eigenvalue weighted by Crippen LogP contribution is -2.14. The van der Waals surface area contributed by atoms with Crippen LogP contribution in [-0.4, -0.2) is 12.5 Å². The van der Waals surface area contributed by atoms with E-state index in [2.05, 4.69) is 12.2 Å². The number of hydrogen-bond donors (Lipinski definition) is 2. The topological polar surface area (TPSA) is 55.1 Å². The van der Waals surface area contributed by atoms with E-state index >= 15 is 0 Å². The van der Waals surface area contributed by atoms with E-state index in [9.17, 15) is 4.79 Å². The number of carbonyl (C=O) groups excluding carboxylic acids is 1. The zero-order valence-corrected chi connectivity index (χ0v) is 11.9. The first-order valence-electron chi connectivity index (χ1n) is 5.98. The molecule has 1 atom stereocenters. The van der Waals surface area contributed by atoms with E-state index in [4.69, 9.17) is 28.9 Å². The first-order chi connectivity index (χ1) is 8.54. The van der Waals surface area contributed by atoms with Gasteiger partial charge in [0.2, 0.25) is 5.91 Å². The summed E-state index contributed by atoms with van der Waals surface area (Å²) in [6.07, 6.45) is 2.22. The molecule has 1 amide bonds. The van der Waals surface area contributed by atoms with E-state index in [1.54, 1.807) is 18.2 Å². The van der Waals surface area contributed by atoms with Gasteiger partial charge in [-0.15, -0.1) is 0 Å². The zero-order chi connectivity index (χ0) is 13.5. The molecule has 1 rings (SSSR count). The Bertz CT molecular complexity index is 410. The third-order valence-electron chi connectivity index (χ3n) is 2.75. The summed E-state index contributed by atoms with van der Waals surface area (Å²) >= 11 is 11.9. The summed E-state index contributed by atoms with van der Waals surface area (Å²) in [6, 6.07) is 5.17. The number of nitrogens with two attached hydrogens (primary N) is 1. The molecule has 0 aliphatic rings. The fourth-order valence-corrected chi connectivity index (χ4v) is 1.97. The monoisotopic (exact) mass is 288 g/mol. The molecule has 0 heterocycles. The Balaban J connectivity index is 2.47. The molecule has 0 fully saturated rings. The van der Waals surface area contributed by atoms with E-state index in [0.29, 0.717) is 34.6 Å². The van der Waals surface area contributed by atoms with E-state index in [1.165, 1.54) is 0 Å². The minimum atomic E-state index is -0.0527.